The number of hydrogen-bond donors (Lipinski definition) is 0. The van der Waals surface area contributed by atoms with Crippen LogP contribution in [0.2, 0.25) is 10.0 Å². The Morgan fingerprint density at radius 3 is 2.47 bits per heavy atom. The van der Waals surface area contributed by atoms with Crippen LogP contribution in [0.25, 0.3) is 0 Å². The fourth-order valence-electron chi connectivity index (χ4n) is 0.963. The molecule has 1 rings (SSSR count). The zero-order valence-electron chi connectivity index (χ0n) is 7.17. The van der Waals surface area contributed by atoms with Crippen molar-refractivity contribution in [2.24, 2.45) is 0 Å². The van der Waals surface area contributed by atoms with E-state index >= 15 is 0 Å². The van der Waals surface area contributed by atoms with Gasteiger partial charge in [0.25, 0.3) is 5.69 Å². The summed E-state index contributed by atoms with van der Waals surface area (Å²) in [6.45, 7) is 0. The van der Waals surface area contributed by atoms with Gasteiger partial charge >= 0.3 is 0 Å². The van der Waals surface area contributed by atoms with Crippen LogP contribution in [0.3, 0.4) is 0 Å². The first-order chi connectivity index (χ1) is 6.97. The molecule has 0 saturated heterocycles. The molecule has 0 unspecified atom stereocenters. The first kappa shape index (κ1) is 12.4. The molecule has 1 aromatic carbocycles. The third-order valence-corrected chi connectivity index (χ3v) is 2.78. The summed E-state index contributed by atoms with van der Waals surface area (Å²) in [5, 5.41) is 10.6. The number of nitro benzene ring substituents is 1. The van der Waals surface area contributed by atoms with Crippen LogP contribution >= 0.6 is 39.1 Å². The number of nitrogens with zero attached hydrogens (tertiary/aromatic N) is 1. The molecule has 0 heterocycles. The second-order valence-corrected chi connectivity index (χ2v) is 3.97. The molecule has 0 radical (unpaired) electrons. The molecule has 0 bridgehead atoms. The number of carbonyl (C=O) groups excluding carboxylic acids is 1. The van der Waals surface area contributed by atoms with E-state index in [-0.39, 0.29) is 32.4 Å². The smallest absolute Gasteiger partial charge is 0.288 e. The summed E-state index contributed by atoms with van der Waals surface area (Å²) in [5.74, 6) is -0.334. The molecule has 0 atom stereocenters. The number of halogens is 3. The van der Waals surface area contributed by atoms with Crippen molar-refractivity contribution in [1.82, 2.24) is 0 Å². The van der Waals surface area contributed by atoms with Crippen molar-refractivity contribution < 1.29 is 9.72 Å². The van der Waals surface area contributed by atoms with Crippen LogP contribution in [-0.2, 0) is 0 Å². The van der Waals surface area contributed by atoms with Gasteiger partial charge in [-0.1, -0.05) is 39.1 Å². The van der Waals surface area contributed by atoms with E-state index < -0.39 is 4.92 Å². The number of carbonyl (C=O) groups is 1. The summed E-state index contributed by atoms with van der Waals surface area (Å²) in [6.07, 6.45) is 0. The Morgan fingerprint density at radius 2 is 2.00 bits per heavy atom. The quantitative estimate of drug-likeness (QED) is 0.371. The van der Waals surface area contributed by atoms with Gasteiger partial charge in [-0.15, -0.1) is 0 Å². The number of ketones is 1. The SMILES string of the molecule is O=C(CBr)c1cc([N+](=O)[O-])c(Cl)cc1Cl. The monoisotopic (exact) mass is 311 g/mol. The highest BCUT2D eigenvalue weighted by atomic mass is 79.9. The van der Waals surface area contributed by atoms with Crippen molar-refractivity contribution in [3.63, 3.8) is 0 Å². The Bertz CT molecular complexity index is 436. The van der Waals surface area contributed by atoms with Gasteiger partial charge in [0.05, 0.1) is 15.3 Å². The molecule has 80 valence electrons. The minimum absolute atomic E-state index is 0.0471. The first-order valence-electron chi connectivity index (χ1n) is 3.70. The van der Waals surface area contributed by atoms with Gasteiger partial charge in [-0.3, -0.25) is 14.9 Å². The predicted octanol–water partition coefficient (Wildman–Crippen LogP) is 3.48. The minimum Gasteiger partial charge on any atom is -0.293 e. The molecule has 0 spiro atoms. The number of alkyl halides is 1. The number of nitro groups is 1. The van der Waals surface area contributed by atoms with Crippen molar-refractivity contribution in [1.29, 1.82) is 0 Å². The van der Waals surface area contributed by atoms with Crippen LogP contribution in [-0.4, -0.2) is 16.0 Å². The minimum atomic E-state index is -0.663. The molecular formula is C8H4BrCl2NO3. The van der Waals surface area contributed by atoms with Crippen molar-refractivity contribution in [3.8, 4) is 0 Å². The fourth-order valence-corrected chi connectivity index (χ4v) is 1.82. The second-order valence-electron chi connectivity index (χ2n) is 2.60. The lowest BCUT2D eigenvalue weighted by Gasteiger charge is -2.02. The van der Waals surface area contributed by atoms with Crippen LogP contribution in [0.15, 0.2) is 12.1 Å². The van der Waals surface area contributed by atoms with Gasteiger partial charge in [0.1, 0.15) is 5.02 Å². The molecule has 0 saturated carbocycles. The average molecular weight is 313 g/mol. The van der Waals surface area contributed by atoms with Gasteiger partial charge in [-0.2, -0.15) is 0 Å². The van der Waals surface area contributed by atoms with Gasteiger partial charge < -0.3 is 0 Å². The van der Waals surface area contributed by atoms with Gasteiger partial charge in [-0.25, -0.2) is 0 Å². The summed E-state index contributed by atoms with van der Waals surface area (Å²) in [6, 6.07) is 2.27. The van der Waals surface area contributed by atoms with E-state index in [4.69, 9.17) is 23.2 Å². The number of hydrogen-bond acceptors (Lipinski definition) is 3. The second kappa shape index (κ2) is 4.92. The van der Waals surface area contributed by atoms with Crippen LogP contribution in [0.5, 0.6) is 0 Å². The summed E-state index contributed by atoms with van der Waals surface area (Å²) in [4.78, 5) is 21.2. The van der Waals surface area contributed by atoms with Crippen LogP contribution < -0.4 is 0 Å². The molecule has 7 heteroatoms. The van der Waals surface area contributed by atoms with Crippen LogP contribution in [0.1, 0.15) is 10.4 Å². The first-order valence-corrected chi connectivity index (χ1v) is 5.57. The largest absolute Gasteiger partial charge is 0.293 e. The lowest BCUT2D eigenvalue weighted by atomic mass is 10.1. The Balaban J connectivity index is 3.36. The summed E-state index contributed by atoms with van der Waals surface area (Å²) in [7, 11) is 0. The van der Waals surface area contributed by atoms with E-state index in [0.717, 1.165) is 6.07 Å². The van der Waals surface area contributed by atoms with Crippen LogP contribution in [0, 0.1) is 10.1 Å². The van der Waals surface area contributed by atoms with E-state index in [1.54, 1.807) is 0 Å². The van der Waals surface area contributed by atoms with Gasteiger partial charge in [0.2, 0.25) is 0 Å². The molecule has 0 aliphatic rings. The van der Waals surface area contributed by atoms with Crippen molar-refractivity contribution in [2.75, 3.05) is 5.33 Å². The maximum atomic E-state index is 11.3. The molecule has 0 aromatic heterocycles. The third kappa shape index (κ3) is 2.68. The van der Waals surface area contributed by atoms with E-state index in [9.17, 15) is 14.9 Å². The summed E-state index contributed by atoms with van der Waals surface area (Å²) >= 11 is 14.3. The zero-order valence-corrected chi connectivity index (χ0v) is 10.3. The fraction of sp³-hybridized carbons (Fsp3) is 0.125. The summed E-state index contributed by atoms with van der Waals surface area (Å²) in [5.41, 5.74) is -0.241. The molecule has 0 aliphatic carbocycles. The van der Waals surface area contributed by atoms with Gasteiger partial charge in [-0.05, 0) is 6.07 Å². The number of benzene rings is 1. The molecule has 4 nitrogen and oxygen atoms in total. The van der Waals surface area contributed by atoms with E-state index in [1.165, 1.54) is 6.07 Å². The molecule has 0 N–H and O–H groups in total. The standard InChI is InChI=1S/C8H4BrCl2NO3/c9-3-8(13)4-1-7(12(14)15)6(11)2-5(4)10/h1-2H,3H2. The Hall–Kier alpha value is -0.650. The molecule has 15 heavy (non-hydrogen) atoms. The van der Waals surface area contributed by atoms with Crippen LogP contribution in [0.4, 0.5) is 5.69 Å². The van der Waals surface area contributed by atoms with Crippen molar-refractivity contribution in [3.05, 3.63) is 37.9 Å². The highest BCUT2D eigenvalue weighted by Gasteiger charge is 2.19. The number of rotatable bonds is 3. The number of Topliss-reactive ketones (excluding diaryl/α,β-unsaturated/α-hetero) is 1. The highest BCUT2D eigenvalue weighted by Crippen LogP contribution is 2.31. The topological polar surface area (TPSA) is 60.2 Å². The molecule has 0 amide bonds. The lowest BCUT2D eigenvalue weighted by molar-refractivity contribution is -0.384. The Kier molecular flexibility index (Phi) is 4.07. The Morgan fingerprint density at radius 1 is 1.40 bits per heavy atom. The highest BCUT2D eigenvalue weighted by molar-refractivity contribution is 9.09. The average Bonchev–Trinajstić information content (AvgIpc) is 2.16. The summed E-state index contributed by atoms with van der Waals surface area (Å²) < 4.78 is 0. The van der Waals surface area contributed by atoms with E-state index in [0.29, 0.717) is 0 Å². The van der Waals surface area contributed by atoms with Gasteiger partial charge in [0.15, 0.2) is 5.78 Å². The third-order valence-electron chi connectivity index (χ3n) is 1.65. The molecular weight excluding hydrogens is 309 g/mol. The lowest BCUT2D eigenvalue weighted by Crippen LogP contribution is -2.02. The Labute approximate surface area is 103 Å². The van der Waals surface area contributed by atoms with Crippen molar-refractivity contribution >= 4 is 50.6 Å². The van der Waals surface area contributed by atoms with Crippen molar-refractivity contribution in [2.45, 2.75) is 0 Å². The maximum Gasteiger partial charge on any atom is 0.288 e. The van der Waals surface area contributed by atoms with Gasteiger partial charge in [0, 0.05) is 11.6 Å². The zero-order chi connectivity index (χ0) is 11.6. The normalized spacial score (nSPS) is 10.1. The molecule has 0 fully saturated rings. The maximum absolute atomic E-state index is 11.3. The molecule has 1 aromatic rings. The van der Waals surface area contributed by atoms with E-state index in [2.05, 4.69) is 15.9 Å². The predicted molar refractivity (Wildman–Crippen MR) is 61.2 cm³/mol. The molecule has 0 aliphatic heterocycles. The van der Waals surface area contributed by atoms with E-state index in [1.807, 2.05) is 0 Å².